The van der Waals surface area contributed by atoms with Crippen molar-refractivity contribution >= 4 is 97.9 Å². The maximum atomic E-state index is 14.6. The predicted octanol–water partition coefficient (Wildman–Crippen LogP) is 3.43. The molecule has 5 fully saturated rings. The third-order valence-corrected chi connectivity index (χ3v) is 19.9. The summed E-state index contributed by atoms with van der Waals surface area (Å²) in [5, 5.41) is 79.6. The Morgan fingerprint density at radius 2 is 0.765 bits per heavy atom. The molecule has 0 saturated carbocycles. The van der Waals surface area contributed by atoms with Crippen molar-refractivity contribution in [1.82, 2.24) is 47.8 Å². The largest absolute Gasteiger partial charge is 0.469 e. The van der Waals surface area contributed by atoms with Crippen LogP contribution in [0.15, 0.2) is 224 Å². The number of aliphatic hydroxyl groups is 7. The summed E-state index contributed by atoms with van der Waals surface area (Å²) in [6, 6.07) is 40.2. The third-order valence-electron chi connectivity index (χ3n) is 18.0. The normalized spacial score (nSPS) is 26.4. The fraction of sp³-hybridized carbons (Fsp3) is 0.315. The lowest BCUT2D eigenvalue weighted by Gasteiger charge is -2.23. The second kappa shape index (κ2) is 40.8. The van der Waals surface area contributed by atoms with E-state index < -0.39 is 182 Å². The van der Waals surface area contributed by atoms with Crippen molar-refractivity contribution in [3.05, 3.63) is 280 Å². The Labute approximate surface area is 693 Å². The van der Waals surface area contributed by atoms with Crippen LogP contribution >= 0.6 is 45.2 Å². The Morgan fingerprint density at radius 1 is 0.462 bits per heavy atom. The molecule has 13 N–H and O–H groups in total. The first kappa shape index (κ1) is 89.8. The molecule has 5 aliphatic rings. The Balaban J connectivity index is 0.000000158. The van der Waals surface area contributed by atoms with Crippen molar-refractivity contribution in [1.29, 1.82) is 0 Å². The van der Waals surface area contributed by atoms with Gasteiger partial charge in [-0.15, -0.1) is 0 Å². The zero-order valence-corrected chi connectivity index (χ0v) is 65.4. The fourth-order valence-electron chi connectivity index (χ4n) is 11.7. The molecule has 39 nitrogen and oxygen atoms in total. The lowest BCUT2D eigenvalue weighted by atomic mass is 10.1. The van der Waals surface area contributed by atoms with Crippen LogP contribution in [0, 0.1) is 0 Å². The van der Waals surface area contributed by atoms with Gasteiger partial charge in [-0.25, -0.2) is 45.9 Å². The van der Waals surface area contributed by atoms with Crippen molar-refractivity contribution < 1.29 is 101 Å². The summed E-state index contributed by atoms with van der Waals surface area (Å²) < 4.78 is 101. The van der Waals surface area contributed by atoms with Gasteiger partial charge in [0.2, 0.25) is 6.23 Å². The Hall–Kier alpha value is -11.5. The minimum Gasteiger partial charge on any atom is -0.469 e. The number of aliphatic hydroxyl groups excluding tert-OH is 7. The standard InChI is InChI=1S/C16H14FIN6O4.C16H15FIN3O4.C16H16FN3O5.C16H14FN3O4.C9H12FN3O4/c17-11-12(25)16(8-18,22-23-19)28-14(11)24-7-6-10(21-15(24)27)20-13(26)9-4-2-1-3-5-9;17-12-13(22)10(8-18)25-15(12)21-7-6-11(20-16(21)24)19-14(23)9-4-2-1-3-5-9;17-12-13(22)10(8-21)25-15(12)20-7-6-11(19-16(20)24)18-14(23)9-4-2-1-3-5-9;1-9-13(21)12(17)15(24-9)20-8-7-11(19-16(20)23)18-14(22)10-5-3-2-4-6-10;10-6-7(15)4(3-14)17-8(6)13-2-1-5(11)12-9(13)16/h1-7,11-12,14,25H,8H2,(H,20,21,26,27);1-7,10,12-13,15,22H,8H2,(H,19,20,23,24);1-7,10,12-13,15,21-22H,8H2,(H,18,19,23,24);2-8,12-13,15,21H,1H2,(H,18,19,22,23);1-2,4,6-8,14-15H,3H2,(H2,11,12,16)/t11-,12+,14-,16-;2*10-,12-,13-,15-;12-,13-,15-;4-,6-,7-,8-/m11111/s1. The van der Waals surface area contributed by atoms with Crippen LogP contribution in [-0.4, -0.2) is 215 Å². The lowest BCUT2D eigenvalue weighted by molar-refractivity contribution is -0.0833. The summed E-state index contributed by atoms with van der Waals surface area (Å²) in [6.07, 6.45) is -20.4. The monoisotopic (exact) mass is 1880 g/mol. The summed E-state index contributed by atoms with van der Waals surface area (Å²) in [6.45, 7) is 2.27. The first-order chi connectivity index (χ1) is 56.9. The minimum absolute atomic E-state index is 0.00256. The summed E-state index contributed by atoms with van der Waals surface area (Å²) in [5.41, 5.74) is 9.59. The van der Waals surface area contributed by atoms with Gasteiger partial charge in [-0.2, -0.15) is 24.9 Å². The molecule has 5 aromatic heterocycles. The number of anilines is 5. The summed E-state index contributed by atoms with van der Waals surface area (Å²) in [5.74, 6) is -1.83. The van der Waals surface area contributed by atoms with Crippen LogP contribution in [-0.2, 0) is 23.7 Å². The molecule has 10 heterocycles. The van der Waals surface area contributed by atoms with Gasteiger partial charge in [0.25, 0.3) is 23.6 Å². The first-order valence-corrected chi connectivity index (χ1v) is 38.2. The molecule has 0 radical (unpaired) electrons. The molecule has 0 bridgehead atoms. The van der Waals surface area contributed by atoms with Gasteiger partial charge in [0.1, 0.15) is 77.6 Å². The van der Waals surface area contributed by atoms with Gasteiger partial charge >= 0.3 is 28.4 Å². The topological polar surface area (TPSA) is 553 Å². The molecule has 0 spiro atoms. The van der Waals surface area contributed by atoms with E-state index in [-0.39, 0.29) is 39.3 Å². The molecule has 46 heteroatoms. The number of nitrogen functional groups attached to an aromatic ring is 1. The molecule has 19 atom stereocenters. The van der Waals surface area contributed by atoms with Gasteiger partial charge in [-0.1, -0.05) is 130 Å². The van der Waals surface area contributed by atoms with E-state index in [2.05, 4.69) is 62.8 Å². The van der Waals surface area contributed by atoms with E-state index >= 15 is 0 Å². The fourth-order valence-corrected chi connectivity index (χ4v) is 13.2. The number of nitrogens with two attached hydrogens (primary N) is 1. The maximum Gasteiger partial charge on any atom is 0.352 e. The molecule has 628 valence electrons. The van der Waals surface area contributed by atoms with Crippen molar-refractivity contribution in [3.63, 3.8) is 0 Å². The van der Waals surface area contributed by atoms with Crippen LogP contribution in [0.1, 0.15) is 72.6 Å². The molecule has 14 rings (SSSR count). The molecule has 5 aliphatic heterocycles. The van der Waals surface area contributed by atoms with E-state index in [1.54, 1.807) is 144 Å². The van der Waals surface area contributed by atoms with Gasteiger partial charge in [0.05, 0.1) is 19.3 Å². The van der Waals surface area contributed by atoms with Gasteiger partial charge in [-0.05, 0) is 84.4 Å². The smallest absolute Gasteiger partial charge is 0.352 e. The van der Waals surface area contributed by atoms with Gasteiger partial charge in [0.15, 0.2) is 61.5 Å². The summed E-state index contributed by atoms with van der Waals surface area (Å²) >= 11 is 3.76. The van der Waals surface area contributed by atoms with Crippen molar-refractivity contribution in [2.24, 2.45) is 5.11 Å². The van der Waals surface area contributed by atoms with E-state index in [0.29, 0.717) is 26.7 Å². The van der Waals surface area contributed by atoms with Gasteiger partial charge in [0, 0.05) is 67.0 Å². The lowest BCUT2D eigenvalue weighted by Crippen LogP contribution is -2.41. The number of ether oxygens (including phenoxy) is 5. The van der Waals surface area contributed by atoms with E-state index in [1.807, 2.05) is 22.6 Å². The molecule has 119 heavy (non-hydrogen) atoms. The number of hydrogen-bond acceptors (Lipinski definition) is 28. The van der Waals surface area contributed by atoms with Crippen LogP contribution in [0.2, 0.25) is 0 Å². The Bertz CT molecular complexity index is 5290. The molecular weight excluding hydrogens is 1810 g/mol. The molecule has 9 aromatic rings. The van der Waals surface area contributed by atoms with Crippen LogP contribution < -0.4 is 55.4 Å². The van der Waals surface area contributed by atoms with Gasteiger partial charge < -0.3 is 86.4 Å². The predicted molar refractivity (Wildman–Crippen MR) is 424 cm³/mol. The van der Waals surface area contributed by atoms with Crippen LogP contribution in [0.3, 0.4) is 0 Å². The first-order valence-electron chi connectivity index (χ1n) is 35.1. The number of azide groups is 1. The molecule has 4 aromatic carbocycles. The number of aromatic nitrogens is 10. The zero-order chi connectivity index (χ0) is 86.1. The quantitative estimate of drug-likeness (QED) is 0.0146. The number of nitrogens with zero attached hydrogens (tertiary/aromatic N) is 13. The SMILES string of the molecule is C=C1O[C@@H](n2ccc(NC(=O)c3ccccc3)nc2=O)[C@H](F)[C@@H]1O.Nc1ccn([C@@H]2O[C@H](CO)[C@@H](O)[C@H]2F)c(=O)n1.O=C(Nc1ccn([C@@H]2O[C@H](CI)[C@@H](O)[C@H]2F)c(=O)n1)c1ccccc1.O=C(Nc1ccn([C@@H]2O[C@H](CO)[C@@H](O)[C@H]2F)c(=O)n1)c1ccccc1.[N-]=[N+]=N[C@]1(CI)O[C@@H](n2ccc(NC(=O)c3ccccc3)nc2=O)[C@H](F)[C@@H]1O. The molecule has 0 aliphatic carbocycles. The van der Waals surface area contributed by atoms with E-state index in [0.717, 1.165) is 22.8 Å². The number of hydrogen-bond donors (Lipinski definition) is 12. The second-order valence-electron chi connectivity index (χ2n) is 25.8. The average molecular weight is 1890 g/mol. The number of carbonyl (C=O) groups excluding carboxylic acids is 4. The number of alkyl halides is 7. The Kier molecular flexibility index (Phi) is 30.8. The zero-order valence-electron chi connectivity index (χ0n) is 61.1. The number of benzene rings is 4. The average Bonchev–Trinajstić information content (AvgIpc) is 1.61. The number of rotatable bonds is 18. The molecule has 0 unspecified atom stereocenters. The maximum absolute atomic E-state index is 14.6. The molecule has 5 saturated heterocycles. The number of nitrogens with one attached hydrogen (secondary N) is 4. The summed E-state index contributed by atoms with van der Waals surface area (Å²) in [7, 11) is 0. The van der Waals surface area contributed by atoms with Crippen molar-refractivity contribution in [3.8, 4) is 0 Å². The molecular formula is C73H71F5I2N18O21. The second-order valence-corrected chi connectivity index (χ2v) is 27.4. The van der Waals surface area contributed by atoms with Crippen LogP contribution in [0.25, 0.3) is 10.4 Å². The highest BCUT2D eigenvalue weighted by Crippen LogP contribution is 2.42. The van der Waals surface area contributed by atoms with E-state index in [1.165, 1.54) is 61.3 Å². The Morgan fingerprint density at radius 3 is 1.03 bits per heavy atom. The van der Waals surface area contributed by atoms with Crippen molar-refractivity contribution in [2.75, 3.05) is 49.1 Å². The van der Waals surface area contributed by atoms with E-state index in [9.17, 15) is 90.6 Å². The van der Waals surface area contributed by atoms with E-state index in [4.69, 9.17) is 45.2 Å². The highest BCUT2D eigenvalue weighted by atomic mass is 127. The number of carbonyl (C=O) groups is 4. The molecule has 4 amide bonds. The van der Waals surface area contributed by atoms with Crippen molar-refractivity contribution in [2.45, 2.75) is 117 Å². The summed E-state index contributed by atoms with van der Waals surface area (Å²) in [4.78, 5) is 129. The van der Waals surface area contributed by atoms with Gasteiger partial charge in [-0.3, -0.25) is 42.0 Å². The minimum atomic E-state index is -2.02. The third kappa shape index (κ3) is 21.3. The van der Waals surface area contributed by atoms with Crippen LogP contribution in [0.4, 0.5) is 51.0 Å². The number of halogens is 7. The van der Waals surface area contributed by atoms with Crippen LogP contribution in [0.5, 0.6) is 0 Å². The highest BCUT2D eigenvalue weighted by molar-refractivity contribution is 14.1. The highest BCUT2D eigenvalue weighted by Gasteiger charge is 2.56. The number of amides is 4.